The zero-order valence-electron chi connectivity index (χ0n) is 10.5. The van der Waals surface area contributed by atoms with Crippen molar-refractivity contribution in [1.82, 2.24) is 4.90 Å². The zero-order valence-corrected chi connectivity index (χ0v) is 10.5. The molecule has 0 amide bonds. The predicted molar refractivity (Wildman–Crippen MR) is 69.5 cm³/mol. The van der Waals surface area contributed by atoms with E-state index in [9.17, 15) is 4.79 Å². The summed E-state index contributed by atoms with van der Waals surface area (Å²) in [6.07, 6.45) is 3.06. The molecule has 0 bridgehead atoms. The van der Waals surface area contributed by atoms with Gasteiger partial charge in [0.2, 0.25) is 0 Å². The Labute approximate surface area is 107 Å². The summed E-state index contributed by atoms with van der Waals surface area (Å²) < 4.78 is 0. The van der Waals surface area contributed by atoms with Crippen LogP contribution in [0, 0.1) is 5.92 Å². The van der Waals surface area contributed by atoms with Crippen molar-refractivity contribution in [3.8, 4) is 0 Å². The molecule has 1 aromatic rings. The van der Waals surface area contributed by atoms with Crippen LogP contribution in [-0.2, 0) is 4.79 Å². The lowest BCUT2D eigenvalue weighted by Gasteiger charge is -2.20. The van der Waals surface area contributed by atoms with Gasteiger partial charge in [0.05, 0.1) is 0 Å². The predicted octanol–water partition coefficient (Wildman–Crippen LogP) is 2.34. The molecule has 96 valence electrons. The standard InChI is InChI=1S/C15H19NO2/c17-15(18)14-7-4-8-16(14)10-12-9-13(12)11-5-2-1-3-6-11/h1-3,5-6,12-14H,4,7-10H2,(H,17,18)/t12-,13-,14?/m0/s1. The largest absolute Gasteiger partial charge is 0.480 e. The van der Waals surface area contributed by atoms with E-state index in [1.165, 1.54) is 12.0 Å². The summed E-state index contributed by atoms with van der Waals surface area (Å²) in [6, 6.07) is 10.3. The van der Waals surface area contributed by atoms with Crippen LogP contribution in [0.4, 0.5) is 0 Å². The van der Waals surface area contributed by atoms with E-state index in [0.29, 0.717) is 11.8 Å². The maximum absolute atomic E-state index is 11.1. The zero-order chi connectivity index (χ0) is 12.5. The number of benzene rings is 1. The molecule has 1 unspecified atom stereocenters. The van der Waals surface area contributed by atoms with Crippen molar-refractivity contribution < 1.29 is 9.90 Å². The van der Waals surface area contributed by atoms with E-state index in [2.05, 4.69) is 29.2 Å². The van der Waals surface area contributed by atoms with Crippen molar-refractivity contribution in [2.75, 3.05) is 13.1 Å². The van der Waals surface area contributed by atoms with Gasteiger partial charge in [0, 0.05) is 6.54 Å². The lowest BCUT2D eigenvalue weighted by Crippen LogP contribution is -2.37. The molecule has 18 heavy (non-hydrogen) atoms. The highest BCUT2D eigenvalue weighted by atomic mass is 16.4. The van der Waals surface area contributed by atoms with E-state index in [4.69, 9.17) is 5.11 Å². The third-order valence-corrected chi connectivity index (χ3v) is 4.27. The summed E-state index contributed by atoms with van der Waals surface area (Å²) in [5.41, 5.74) is 1.41. The van der Waals surface area contributed by atoms with Gasteiger partial charge in [0.25, 0.3) is 0 Å². The molecule has 3 rings (SSSR count). The fourth-order valence-electron chi connectivity index (χ4n) is 3.18. The van der Waals surface area contributed by atoms with E-state index in [1.807, 2.05) is 6.07 Å². The molecule has 3 atom stereocenters. The Morgan fingerprint density at radius 1 is 1.33 bits per heavy atom. The molecule has 2 fully saturated rings. The van der Waals surface area contributed by atoms with E-state index in [-0.39, 0.29) is 6.04 Å². The van der Waals surface area contributed by atoms with Crippen LogP contribution in [0.1, 0.15) is 30.7 Å². The van der Waals surface area contributed by atoms with Crippen LogP contribution in [0.5, 0.6) is 0 Å². The number of carboxylic acids is 1. The number of hydrogen-bond donors (Lipinski definition) is 1. The van der Waals surface area contributed by atoms with Gasteiger partial charge in [-0.25, -0.2) is 0 Å². The molecule has 1 saturated carbocycles. The molecular formula is C15H19NO2. The van der Waals surface area contributed by atoms with E-state index in [0.717, 1.165) is 25.9 Å². The third kappa shape index (κ3) is 2.27. The van der Waals surface area contributed by atoms with Crippen LogP contribution in [0.3, 0.4) is 0 Å². The first-order chi connectivity index (χ1) is 8.75. The van der Waals surface area contributed by atoms with Crippen molar-refractivity contribution in [3.63, 3.8) is 0 Å². The lowest BCUT2D eigenvalue weighted by atomic mass is 10.1. The number of carboxylic acid groups (broad SMARTS) is 1. The number of rotatable bonds is 4. The number of hydrogen-bond acceptors (Lipinski definition) is 2. The Kier molecular flexibility index (Phi) is 3.08. The molecule has 1 aliphatic heterocycles. The van der Waals surface area contributed by atoms with Gasteiger partial charge >= 0.3 is 5.97 Å². The first-order valence-corrected chi connectivity index (χ1v) is 6.77. The van der Waals surface area contributed by atoms with Crippen LogP contribution >= 0.6 is 0 Å². The first kappa shape index (κ1) is 11.7. The topological polar surface area (TPSA) is 40.5 Å². The van der Waals surface area contributed by atoms with Crippen molar-refractivity contribution in [3.05, 3.63) is 35.9 Å². The maximum atomic E-state index is 11.1. The van der Waals surface area contributed by atoms with Crippen molar-refractivity contribution in [2.24, 2.45) is 5.92 Å². The SMILES string of the molecule is O=C(O)C1CCCN1C[C@@H]1C[C@H]1c1ccccc1. The Morgan fingerprint density at radius 3 is 2.83 bits per heavy atom. The fourth-order valence-corrected chi connectivity index (χ4v) is 3.18. The highest BCUT2D eigenvalue weighted by Gasteiger charge is 2.42. The molecule has 3 nitrogen and oxygen atoms in total. The summed E-state index contributed by atoms with van der Waals surface area (Å²) in [7, 11) is 0. The Balaban J connectivity index is 1.58. The molecule has 0 spiro atoms. The summed E-state index contributed by atoms with van der Waals surface area (Å²) in [5.74, 6) is 0.665. The monoisotopic (exact) mass is 245 g/mol. The van der Waals surface area contributed by atoms with Crippen molar-refractivity contribution in [2.45, 2.75) is 31.2 Å². The van der Waals surface area contributed by atoms with E-state index in [1.54, 1.807) is 0 Å². The maximum Gasteiger partial charge on any atom is 0.320 e. The highest BCUT2D eigenvalue weighted by Crippen LogP contribution is 2.48. The molecule has 1 heterocycles. The number of aliphatic carboxylic acids is 1. The average Bonchev–Trinajstić information content (AvgIpc) is 2.97. The number of nitrogens with zero attached hydrogens (tertiary/aromatic N) is 1. The van der Waals surface area contributed by atoms with Crippen LogP contribution in [0.2, 0.25) is 0 Å². The van der Waals surface area contributed by atoms with Gasteiger partial charge in [-0.2, -0.15) is 0 Å². The van der Waals surface area contributed by atoms with E-state index < -0.39 is 5.97 Å². The minimum absolute atomic E-state index is 0.234. The van der Waals surface area contributed by atoms with Crippen LogP contribution in [0.15, 0.2) is 30.3 Å². The number of carbonyl (C=O) groups is 1. The Bertz CT molecular complexity index is 431. The summed E-state index contributed by atoms with van der Waals surface area (Å²) in [4.78, 5) is 13.3. The van der Waals surface area contributed by atoms with E-state index >= 15 is 0 Å². The van der Waals surface area contributed by atoms with Gasteiger partial charge in [0.1, 0.15) is 6.04 Å². The van der Waals surface area contributed by atoms with Gasteiger partial charge in [0.15, 0.2) is 0 Å². The van der Waals surface area contributed by atoms with Crippen LogP contribution in [0.25, 0.3) is 0 Å². The fraction of sp³-hybridized carbons (Fsp3) is 0.533. The third-order valence-electron chi connectivity index (χ3n) is 4.27. The van der Waals surface area contributed by atoms with Crippen LogP contribution in [-0.4, -0.2) is 35.1 Å². The molecule has 0 aromatic heterocycles. The number of likely N-dealkylation sites (tertiary alicyclic amines) is 1. The first-order valence-electron chi connectivity index (χ1n) is 6.77. The Hall–Kier alpha value is -1.35. The van der Waals surface area contributed by atoms with Crippen LogP contribution < -0.4 is 0 Å². The van der Waals surface area contributed by atoms with Crippen molar-refractivity contribution in [1.29, 1.82) is 0 Å². The second kappa shape index (κ2) is 4.73. The molecule has 1 aromatic carbocycles. The minimum Gasteiger partial charge on any atom is -0.480 e. The summed E-state index contributed by atoms with van der Waals surface area (Å²) in [6.45, 7) is 1.91. The minimum atomic E-state index is -0.649. The normalized spacial score (nSPS) is 31.4. The smallest absolute Gasteiger partial charge is 0.320 e. The average molecular weight is 245 g/mol. The lowest BCUT2D eigenvalue weighted by molar-refractivity contribution is -0.142. The van der Waals surface area contributed by atoms with Crippen molar-refractivity contribution >= 4 is 5.97 Å². The molecule has 1 N–H and O–H groups in total. The van der Waals surface area contributed by atoms with Gasteiger partial charge in [-0.15, -0.1) is 0 Å². The molecule has 3 heteroatoms. The quantitative estimate of drug-likeness (QED) is 0.885. The molecule has 1 aliphatic carbocycles. The molecule has 0 radical (unpaired) electrons. The highest BCUT2D eigenvalue weighted by molar-refractivity contribution is 5.73. The molecule has 1 saturated heterocycles. The molecule has 2 aliphatic rings. The van der Waals surface area contributed by atoms with Gasteiger partial charge in [-0.05, 0) is 43.2 Å². The summed E-state index contributed by atoms with van der Waals surface area (Å²) >= 11 is 0. The van der Waals surface area contributed by atoms with Gasteiger partial charge < -0.3 is 5.11 Å². The summed E-state index contributed by atoms with van der Waals surface area (Å²) in [5, 5.41) is 9.16. The Morgan fingerprint density at radius 2 is 2.11 bits per heavy atom. The second-order valence-corrected chi connectivity index (χ2v) is 5.50. The second-order valence-electron chi connectivity index (χ2n) is 5.50. The van der Waals surface area contributed by atoms with Gasteiger partial charge in [-0.1, -0.05) is 30.3 Å². The molecular weight excluding hydrogens is 226 g/mol. The van der Waals surface area contributed by atoms with Gasteiger partial charge in [-0.3, -0.25) is 9.69 Å².